The molecule has 0 bridgehead atoms. The Kier molecular flexibility index (Phi) is 6.47. The summed E-state index contributed by atoms with van der Waals surface area (Å²) in [6, 6.07) is 0.702. The number of rotatable bonds is 4. The van der Waals surface area contributed by atoms with E-state index in [9.17, 15) is 4.79 Å². The van der Waals surface area contributed by atoms with Gasteiger partial charge in [-0.05, 0) is 40.0 Å². The molecule has 1 rings (SSSR count). The minimum Gasteiger partial charge on any atom is -0.328 e. The van der Waals surface area contributed by atoms with E-state index in [4.69, 9.17) is 5.73 Å². The fraction of sp³-hybridized carbons (Fsp3) is 0.929. The number of urea groups is 1. The lowest BCUT2D eigenvalue weighted by Crippen LogP contribution is -2.49. The zero-order chi connectivity index (χ0) is 13.5. The van der Waals surface area contributed by atoms with Gasteiger partial charge in [-0.1, -0.05) is 12.8 Å². The van der Waals surface area contributed by atoms with E-state index in [2.05, 4.69) is 4.90 Å². The van der Waals surface area contributed by atoms with Crippen LogP contribution in [-0.4, -0.2) is 47.5 Å². The molecule has 1 saturated heterocycles. The minimum atomic E-state index is 0.167. The third kappa shape index (κ3) is 4.16. The molecule has 106 valence electrons. The Balaban J connectivity index is 2.74. The third-order valence-electron chi connectivity index (χ3n) is 3.80. The molecule has 0 aliphatic carbocycles. The van der Waals surface area contributed by atoms with Gasteiger partial charge < -0.3 is 15.5 Å². The molecule has 0 aromatic carbocycles. The van der Waals surface area contributed by atoms with E-state index in [1.165, 1.54) is 12.8 Å². The SMILES string of the molecule is CCN(CC)C(=O)N1CCCCCC1CC(C)N. The molecular weight excluding hydrogens is 226 g/mol. The van der Waals surface area contributed by atoms with Gasteiger partial charge in [-0.25, -0.2) is 4.79 Å². The van der Waals surface area contributed by atoms with E-state index in [0.29, 0.717) is 6.04 Å². The molecule has 1 fully saturated rings. The third-order valence-corrected chi connectivity index (χ3v) is 3.80. The van der Waals surface area contributed by atoms with Crippen LogP contribution in [0, 0.1) is 0 Å². The summed E-state index contributed by atoms with van der Waals surface area (Å²) in [6.07, 6.45) is 5.61. The van der Waals surface area contributed by atoms with Crippen molar-refractivity contribution in [3.05, 3.63) is 0 Å². The summed E-state index contributed by atoms with van der Waals surface area (Å²) < 4.78 is 0. The van der Waals surface area contributed by atoms with Crippen molar-refractivity contribution >= 4 is 6.03 Å². The summed E-state index contributed by atoms with van der Waals surface area (Å²) in [7, 11) is 0. The first-order chi connectivity index (χ1) is 8.60. The highest BCUT2D eigenvalue weighted by Gasteiger charge is 2.28. The van der Waals surface area contributed by atoms with Crippen LogP contribution in [0.1, 0.15) is 52.9 Å². The maximum absolute atomic E-state index is 12.5. The Bertz CT molecular complexity index is 251. The molecule has 4 heteroatoms. The molecule has 1 heterocycles. The van der Waals surface area contributed by atoms with Crippen molar-refractivity contribution < 1.29 is 4.79 Å². The number of hydrogen-bond donors (Lipinski definition) is 1. The highest BCUT2D eigenvalue weighted by atomic mass is 16.2. The quantitative estimate of drug-likeness (QED) is 0.838. The summed E-state index contributed by atoms with van der Waals surface area (Å²) in [4.78, 5) is 16.5. The first-order valence-electron chi connectivity index (χ1n) is 7.41. The molecule has 0 aromatic rings. The normalized spacial score (nSPS) is 22.4. The van der Waals surface area contributed by atoms with Gasteiger partial charge in [0.25, 0.3) is 0 Å². The van der Waals surface area contributed by atoms with E-state index < -0.39 is 0 Å². The predicted molar refractivity (Wildman–Crippen MR) is 75.5 cm³/mol. The number of nitrogens with zero attached hydrogens (tertiary/aromatic N) is 2. The lowest BCUT2D eigenvalue weighted by Gasteiger charge is -2.35. The van der Waals surface area contributed by atoms with Gasteiger partial charge in [-0.3, -0.25) is 0 Å². The van der Waals surface area contributed by atoms with Crippen LogP contribution in [0.15, 0.2) is 0 Å². The molecule has 1 aliphatic heterocycles. The van der Waals surface area contributed by atoms with E-state index in [-0.39, 0.29) is 12.1 Å². The molecular formula is C14H29N3O. The lowest BCUT2D eigenvalue weighted by atomic mass is 10.0. The zero-order valence-corrected chi connectivity index (χ0v) is 12.2. The largest absolute Gasteiger partial charge is 0.328 e. The van der Waals surface area contributed by atoms with Gasteiger partial charge in [0.1, 0.15) is 0 Å². The number of carbonyl (C=O) groups is 1. The number of likely N-dealkylation sites (tertiary alicyclic amines) is 1. The highest BCUT2D eigenvalue weighted by Crippen LogP contribution is 2.21. The summed E-state index contributed by atoms with van der Waals surface area (Å²) in [5.41, 5.74) is 5.93. The maximum Gasteiger partial charge on any atom is 0.320 e. The maximum atomic E-state index is 12.5. The second-order valence-corrected chi connectivity index (χ2v) is 5.36. The van der Waals surface area contributed by atoms with Crippen LogP contribution in [0.25, 0.3) is 0 Å². The van der Waals surface area contributed by atoms with Crippen molar-refractivity contribution in [1.29, 1.82) is 0 Å². The number of amides is 2. The Morgan fingerprint density at radius 2 is 2.00 bits per heavy atom. The van der Waals surface area contributed by atoms with Gasteiger partial charge in [-0.15, -0.1) is 0 Å². The van der Waals surface area contributed by atoms with Crippen molar-refractivity contribution in [2.24, 2.45) is 5.73 Å². The summed E-state index contributed by atoms with van der Waals surface area (Å²) in [6.45, 7) is 8.59. The smallest absolute Gasteiger partial charge is 0.320 e. The van der Waals surface area contributed by atoms with Crippen molar-refractivity contribution in [1.82, 2.24) is 9.80 Å². The van der Waals surface area contributed by atoms with Crippen LogP contribution in [-0.2, 0) is 0 Å². The van der Waals surface area contributed by atoms with Gasteiger partial charge in [0.05, 0.1) is 0 Å². The van der Waals surface area contributed by atoms with Gasteiger partial charge in [0.15, 0.2) is 0 Å². The molecule has 1 aliphatic rings. The molecule has 2 atom stereocenters. The van der Waals surface area contributed by atoms with Gasteiger partial charge in [0.2, 0.25) is 0 Å². The molecule has 0 radical (unpaired) electrons. The van der Waals surface area contributed by atoms with Crippen LogP contribution in [0.3, 0.4) is 0 Å². The topological polar surface area (TPSA) is 49.6 Å². The van der Waals surface area contributed by atoms with E-state index >= 15 is 0 Å². The fourth-order valence-electron chi connectivity index (χ4n) is 2.78. The van der Waals surface area contributed by atoms with Crippen molar-refractivity contribution in [2.45, 2.75) is 65.0 Å². The minimum absolute atomic E-state index is 0.167. The van der Waals surface area contributed by atoms with E-state index in [0.717, 1.165) is 38.9 Å². The first kappa shape index (κ1) is 15.3. The molecule has 18 heavy (non-hydrogen) atoms. The van der Waals surface area contributed by atoms with Crippen molar-refractivity contribution in [3.63, 3.8) is 0 Å². The Morgan fingerprint density at radius 3 is 2.56 bits per heavy atom. The molecule has 0 spiro atoms. The lowest BCUT2D eigenvalue weighted by molar-refractivity contribution is 0.133. The first-order valence-corrected chi connectivity index (χ1v) is 7.41. The molecule has 4 nitrogen and oxygen atoms in total. The summed E-state index contributed by atoms with van der Waals surface area (Å²) in [5, 5.41) is 0. The van der Waals surface area contributed by atoms with Gasteiger partial charge in [-0.2, -0.15) is 0 Å². The monoisotopic (exact) mass is 255 g/mol. The number of carbonyl (C=O) groups excluding carboxylic acids is 1. The second kappa shape index (κ2) is 7.62. The van der Waals surface area contributed by atoms with Crippen molar-refractivity contribution in [3.8, 4) is 0 Å². The van der Waals surface area contributed by atoms with E-state index in [1.54, 1.807) is 0 Å². The molecule has 2 amide bonds. The molecule has 2 N–H and O–H groups in total. The second-order valence-electron chi connectivity index (χ2n) is 5.36. The molecule has 2 unspecified atom stereocenters. The number of hydrogen-bond acceptors (Lipinski definition) is 2. The molecule has 0 saturated carbocycles. The fourth-order valence-corrected chi connectivity index (χ4v) is 2.78. The van der Waals surface area contributed by atoms with Gasteiger partial charge >= 0.3 is 6.03 Å². The number of nitrogens with two attached hydrogens (primary N) is 1. The average Bonchev–Trinajstić information content (AvgIpc) is 2.55. The summed E-state index contributed by atoms with van der Waals surface area (Å²) in [5.74, 6) is 0. The zero-order valence-electron chi connectivity index (χ0n) is 12.2. The molecule has 0 aromatic heterocycles. The van der Waals surface area contributed by atoms with Crippen molar-refractivity contribution in [2.75, 3.05) is 19.6 Å². The standard InChI is InChI=1S/C14H29N3O/c1-4-16(5-2)14(18)17-10-8-6-7-9-13(17)11-12(3)15/h12-13H,4-11,15H2,1-3H3. The Hall–Kier alpha value is -0.770. The average molecular weight is 255 g/mol. The predicted octanol–water partition coefficient (Wildman–Crippen LogP) is 2.43. The van der Waals surface area contributed by atoms with Gasteiger partial charge in [0, 0.05) is 31.7 Å². The highest BCUT2D eigenvalue weighted by molar-refractivity contribution is 5.74. The van der Waals surface area contributed by atoms with Crippen LogP contribution in [0.5, 0.6) is 0 Å². The van der Waals surface area contributed by atoms with Crippen LogP contribution < -0.4 is 5.73 Å². The van der Waals surface area contributed by atoms with E-state index in [1.807, 2.05) is 25.7 Å². The summed E-state index contributed by atoms with van der Waals surface area (Å²) >= 11 is 0. The van der Waals surface area contributed by atoms with Crippen LogP contribution in [0.4, 0.5) is 4.79 Å². The Morgan fingerprint density at radius 1 is 1.33 bits per heavy atom. The van der Waals surface area contributed by atoms with Crippen LogP contribution >= 0.6 is 0 Å². The Labute approximate surface area is 111 Å². The van der Waals surface area contributed by atoms with Crippen LogP contribution in [0.2, 0.25) is 0 Å².